The van der Waals surface area contributed by atoms with Gasteiger partial charge in [0.1, 0.15) is 35.7 Å². The van der Waals surface area contributed by atoms with Crippen molar-refractivity contribution < 1.29 is 29.9 Å². The third-order valence-corrected chi connectivity index (χ3v) is 6.54. The van der Waals surface area contributed by atoms with Crippen LogP contribution in [0.5, 0.6) is 5.75 Å². The Balaban J connectivity index is 1.41. The summed E-state index contributed by atoms with van der Waals surface area (Å²) in [6.45, 7) is 0.0315. The van der Waals surface area contributed by atoms with Crippen LogP contribution in [0.1, 0.15) is 5.56 Å². The first-order valence-electron chi connectivity index (χ1n) is 10.6. The van der Waals surface area contributed by atoms with Crippen LogP contribution >= 0.6 is 11.3 Å². The number of hydrogen-bond acceptors (Lipinski definition) is 8. The molecule has 0 amide bonds. The fraction of sp³-hybridized carbons (Fsp3) is 0.292. The molecule has 4 aromatic rings. The Morgan fingerprint density at radius 2 is 1.79 bits per heavy atom. The highest BCUT2D eigenvalue weighted by Gasteiger charge is 2.44. The fourth-order valence-corrected chi connectivity index (χ4v) is 4.69. The van der Waals surface area contributed by atoms with Crippen LogP contribution in [0.15, 0.2) is 65.6 Å². The van der Waals surface area contributed by atoms with Crippen molar-refractivity contribution in [3.8, 4) is 16.9 Å². The number of rotatable bonds is 6. The highest BCUT2D eigenvalue weighted by molar-refractivity contribution is 7.08. The van der Waals surface area contributed by atoms with Crippen molar-refractivity contribution in [2.75, 3.05) is 6.61 Å². The summed E-state index contributed by atoms with van der Waals surface area (Å²) in [5.74, 6) is 0.407. The van der Waals surface area contributed by atoms with E-state index >= 15 is 0 Å². The Labute approximate surface area is 193 Å². The van der Waals surface area contributed by atoms with E-state index in [4.69, 9.17) is 9.47 Å². The van der Waals surface area contributed by atoms with E-state index < -0.39 is 37.3 Å². The number of benzene rings is 2. The van der Waals surface area contributed by atoms with E-state index in [1.807, 2.05) is 10.6 Å². The van der Waals surface area contributed by atoms with E-state index in [2.05, 4.69) is 46.1 Å². The van der Waals surface area contributed by atoms with Crippen LogP contribution in [0.2, 0.25) is 0 Å². The molecule has 172 valence electrons. The predicted molar refractivity (Wildman–Crippen MR) is 123 cm³/mol. The lowest BCUT2D eigenvalue weighted by molar-refractivity contribution is -0.277. The number of aliphatic hydroxyl groups excluding tert-OH is 4. The van der Waals surface area contributed by atoms with E-state index in [1.54, 1.807) is 29.8 Å². The van der Waals surface area contributed by atoms with Crippen LogP contribution in [0.4, 0.5) is 0 Å². The number of nitrogens with zero attached hydrogens (tertiary/aromatic N) is 2. The number of ether oxygens (including phenoxy) is 2. The number of hydrogen-bond donors (Lipinski definition) is 4. The Hall–Kier alpha value is -2.79. The van der Waals surface area contributed by atoms with Crippen LogP contribution in [0.25, 0.3) is 22.2 Å². The predicted octanol–water partition coefficient (Wildman–Crippen LogP) is 1.99. The average molecular weight is 469 g/mol. The zero-order valence-electron chi connectivity index (χ0n) is 17.6. The van der Waals surface area contributed by atoms with Crippen molar-refractivity contribution in [2.24, 2.45) is 0 Å². The lowest BCUT2D eigenvalue weighted by atomic mass is 9.99. The second kappa shape index (κ2) is 9.22. The van der Waals surface area contributed by atoms with Gasteiger partial charge in [0, 0.05) is 6.54 Å². The number of aliphatic hydroxyl groups is 4. The summed E-state index contributed by atoms with van der Waals surface area (Å²) in [7, 11) is 0. The summed E-state index contributed by atoms with van der Waals surface area (Å²) in [6, 6.07) is 15.7. The van der Waals surface area contributed by atoms with Crippen molar-refractivity contribution in [3.05, 3.63) is 71.2 Å². The number of imidazole rings is 1. The molecule has 4 N–H and O–H groups in total. The summed E-state index contributed by atoms with van der Waals surface area (Å²) in [6.07, 6.45) is -5.02. The van der Waals surface area contributed by atoms with E-state index in [1.165, 1.54) is 5.56 Å². The zero-order chi connectivity index (χ0) is 22.9. The van der Waals surface area contributed by atoms with Gasteiger partial charge in [0.25, 0.3) is 0 Å². The highest BCUT2D eigenvalue weighted by atomic mass is 32.1. The van der Waals surface area contributed by atoms with Crippen LogP contribution in [-0.2, 0) is 11.3 Å². The van der Waals surface area contributed by atoms with Crippen molar-refractivity contribution in [1.29, 1.82) is 0 Å². The lowest BCUT2D eigenvalue weighted by Gasteiger charge is -2.39. The summed E-state index contributed by atoms with van der Waals surface area (Å²) in [5.41, 5.74) is 4.83. The second-order valence-electron chi connectivity index (χ2n) is 8.02. The molecular formula is C24H24N2O6S. The molecule has 5 atom stereocenters. The summed E-state index contributed by atoms with van der Waals surface area (Å²) < 4.78 is 13.4. The van der Waals surface area contributed by atoms with E-state index in [0.29, 0.717) is 23.3 Å². The SMILES string of the molecule is OC[C@@H]1OC(Oc2cccc3ncn(Cc4ccc(-c5ccsc5)cc4)c23)[C@@H](O)[C@H](O)[C@H]1O. The van der Waals surface area contributed by atoms with Gasteiger partial charge in [0.05, 0.1) is 18.5 Å². The first kappa shape index (κ1) is 22.0. The van der Waals surface area contributed by atoms with Crippen LogP contribution in [0, 0.1) is 0 Å². The molecule has 9 heteroatoms. The fourth-order valence-electron chi connectivity index (χ4n) is 4.03. The van der Waals surface area contributed by atoms with Gasteiger partial charge >= 0.3 is 0 Å². The molecule has 2 aromatic heterocycles. The summed E-state index contributed by atoms with van der Waals surface area (Å²) in [5, 5.41) is 44.0. The maximum Gasteiger partial charge on any atom is 0.229 e. The molecule has 1 unspecified atom stereocenters. The molecule has 0 aliphatic carbocycles. The van der Waals surface area contributed by atoms with Crippen molar-refractivity contribution >= 4 is 22.4 Å². The third kappa shape index (κ3) is 4.26. The van der Waals surface area contributed by atoms with Crippen molar-refractivity contribution in [1.82, 2.24) is 9.55 Å². The molecule has 0 bridgehead atoms. The molecule has 8 nitrogen and oxygen atoms in total. The minimum absolute atomic E-state index is 0.407. The first-order chi connectivity index (χ1) is 16.0. The van der Waals surface area contributed by atoms with Gasteiger partial charge in [-0.05, 0) is 45.6 Å². The molecule has 1 fully saturated rings. The minimum atomic E-state index is -1.51. The van der Waals surface area contributed by atoms with Crippen LogP contribution in [-0.4, -0.2) is 67.3 Å². The van der Waals surface area contributed by atoms with E-state index in [-0.39, 0.29) is 0 Å². The lowest BCUT2D eigenvalue weighted by Crippen LogP contribution is -2.60. The smallest absolute Gasteiger partial charge is 0.229 e. The molecule has 0 saturated carbocycles. The number of thiophene rings is 1. The van der Waals surface area contributed by atoms with Crippen molar-refractivity contribution in [3.63, 3.8) is 0 Å². The Kier molecular flexibility index (Phi) is 6.15. The second-order valence-corrected chi connectivity index (χ2v) is 8.80. The first-order valence-corrected chi connectivity index (χ1v) is 11.5. The molecule has 3 heterocycles. The summed E-state index contributed by atoms with van der Waals surface area (Å²) >= 11 is 1.66. The average Bonchev–Trinajstić information content (AvgIpc) is 3.51. The molecule has 2 aromatic carbocycles. The zero-order valence-corrected chi connectivity index (χ0v) is 18.4. The molecule has 1 aliphatic heterocycles. The Bertz CT molecular complexity index is 1210. The molecule has 5 rings (SSSR count). The number of para-hydroxylation sites is 1. The van der Waals surface area contributed by atoms with Crippen LogP contribution < -0.4 is 4.74 Å². The van der Waals surface area contributed by atoms with Gasteiger partial charge in [-0.3, -0.25) is 0 Å². The molecule has 0 spiro atoms. The molecule has 0 radical (unpaired) electrons. The van der Waals surface area contributed by atoms with Gasteiger partial charge < -0.3 is 34.5 Å². The Morgan fingerprint density at radius 3 is 2.52 bits per heavy atom. The topological polar surface area (TPSA) is 117 Å². The Morgan fingerprint density at radius 1 is 0.970 bits per heavy atom. The molecule has 33 heavy (non-hydrogen) atoms. The monoisotopic (exact) mass is 468 g/mol. The van der Waals surface area contributed by atoms with Gasteiger partial charge in [-0.2, -0.15) is 11.3 Å². The van der Waals surface area contributed by atoms with E-state index in [9.17, 15) is 20.4 Å². The number of aromatic nitrogens is 2. The number of fused-ring (bicyclic) bond motifs is 1. The molecule has 1 saturated heterocycles. The van der Waals surface area contributed by atoms with Gasteiger partial charge in [0.2, 0.25) is 6.29 Å². The quantitative estimate of drug-likeness (QED) is 0.342. The normalized spacial score (nSPS) is 25.4. The minimum Gasteiger partial charge on any atom is -0.460 e. The van der Waals surface area contributed by atoms with Gasteiger partial charge in [0.15, 0.2) is 0 Å². The van der Waals surface area contributed by atoms with Gasteiger partial charge in [-0.1, -0.05) is 30.3 Å². The summed E-state index contributed by atoms with van der Waals surface area (Å²) in [4.78, 5) is 4.46. The molecule has 1 aliphatic rings. The maximum atomic E-state index is 10.4. The van der Waals surface area contributed by atoms with Gasteiger partial charge in [-0.25, -0.2) is 4.98 Å². The highest BCUT2D eigenvalue weighted by Crippen LogP contribution is 2.30. The largest absolute Gasteiger partial charge is 0.460 e. The maximum absolute atomic E-state index is 10.4. The van der Waals surface area contributed by atoms with Gasteiger partial charge in [-0.15, -0.1) is 0 Å². The van der Waals surface area contributed by atoms with Crippen molar-refractivity contribution in [2.45, 2.75) is 37.3 Å². The standard InChI is InChI=1S/C24H24N2O6S/c27-11-19-21(28)22(29)23(30)24(32-19)31-18-3-1-2-17-20(18)26(13-25-17)10-14-4-6-15(7-5-14)16-8-9-33-12-16/h1-9,12-13,19,21-24,27-30H,10-11H2/t19-,21-,22+,23-,24?/m0/s1. The van der Waals surface area contributed by atoms with Crippen LogP contribution in [0.3, 0.4) is 0 Å². The molecular weight excluding hydrogens is 444 g/mol. The third-order valence-electron chi connectivity index (χ3n) is 5.85. The van der Waals surface area contributed by atoms with E-state index in [0.717, 1.165) is 11.1 Å².